The van der Waals surface area contributed by atoms with Gasteiger partial charge in [-0.1, -0.05) is 17.7 Å². The first-order valence-corrected chi connectivity index (χ1v) is 4.09. The zero-order valence-electron chi connectivity index (χ0n) is 7.02. The van der Waals surface area contributed by atoms with Crippen molar-refractivity contribution in [3.8, 4) is 0 Å². The first kappa shape index (κ1) is 6.71. The van der Waals surface area contributed by atoms with Gasteiger partial charge in [0.1, 0.15) is 0 Å². The number of fused-ring (bicyclic) bond motifs is 1. The van der Waals surface area contributed by atoms with Crippen LogP contribution >= 0.6 is 0 Å². The standard InChI is InChI=1S/C10H13N/c1-7-3-4-10-9(5-7)8(2)6-11-10/h3,5-6,10-11H,4H2,1-2H3. The van der Waals surface area contributed by atoms with E-state index in [4.69, 9.17) is 0 Å². The summed E-state index contributed by atoms with van der Waals surface area (Å²) in [6.45, 7) is 4.33. The lowest BCUT2D eigenvalue weighted by atomic mass is 9.93. The summed E-state index contributed by atoms with van der Waals surface area (Å²) < 4.78 is 0. The molecule has 0 radical (unpaired) electrons. The van der Waals surface area contributed by atoms with Crippen LogP contribution in [-0.2, 0) is 0 Å². The van der Waals surface area contributed by atoms with Gasteiger partial charge in [0.15, 0.2) is 0 Å². The predicted molar refractivity (Wildman–Crippen MR) is 47.1 cm³/mol. The van der Waals surface area contributed by atoms with Crippen LogP contribution in [0, 0.1) is 0 Å². The molecule has 1 nitrogen and oxygen atoms in total. The highest BCUT2D eigenvalue weighted by Crippen LogP contribution is 2.27. The van der Waals surface area contributed by atoms with Crippen molar-refractivity contribution in [2.24, 2.45) is 0 Å². The number of nitrogens with one attached hydrogen (secondary N) is 1. The van der Waals surface area contributed by atoms with Gasteiger partial charge in [-0.25, -0.2) is 0 Å². The number of hydrogen-bond acceptors (Lipinski definition) is 1. The molecule has 0 spiro atoms. The SMILES string of the molecule is CC1=CCC2NC=C(C)C2=C1. The van der Waals surface area contributed by atoms with Crippen LogP contribution in [0.5, 0.6) is 0 Å². The summed E-state index contributed by atoms with van der Waals surface area (Å²) in [5, 5.41) is 3.35. The first-order valence-electron chi connectivity index (χ1n) is 4.09. The van der Waals surface area contributed by atoms with Gasteiger partial charge in [0.05, 0.1) is 6.04 Å². The molecular weight excluding hydrogens is 134 g/mol. The van der Waals surface area contributed by atoms with Crippen LogP contribution in [-0.4, -0.2) is 6.04 Å². The summed E-state index contributed by atoms with van der Waals surface area (Å²) in [6, 6.07) is 0.568. The van der Waals surface area contributed by atoms with Crippen LogP contribution in [0.15, 0.2) is 35.1 Å². The highest BCUT2D eigenvalue weighted by atomic mass is 14.9. The summed E-state index contributed by atoms with van der Waals surface area (Å²) >= 11 is 0. The largest absolute Gasteiger partial charge is 0.384 e. The molecule has 11 heavy (non-hydrogen) atoms. The van der Waals surface area contributed by atoms with Gasteiger partial charge in [-0.15, -0.1) is 0 Å². The van der Waals surface area contributed by atoms with Crippen molar-refractivity contribution < 1.29 is 0 Å². The highest BCUT2D eigenvalue weighted by Gasteiger charge is 2.20. The Morgan fingerprint density at radius 2 is 2.27 bits per heavy atom. The summed E-state index contributed by atoms with van der Waals surface area (Å²) in [4.78, 5) is 0. The molecule has 0 fully saturated rings. The molecule has 0 amide bonds. The summed E-state index contributed by atoms with van der Waals surface area (Å²) in [7, 11) is 0. The lowest BCUT2D eigenvalue weighted by molar-refractivity contribution is 0.703. The van der Waals surface area contributed by atoms with Crippen LogP contribution < -0.4 is 5.32 Å². The van der Waals surface area contributed by atoms with Gasteiger partial charge in [0, 0.05) is 6.20 Å². The maximum absolute atomic E-state index is 3.35. The predicted octanol–water partition coefficient (Wildman–Crippen LogP) is 2.14. The van der Waals surface area contributed by atoms with Crippen molar-refractivity contribution in [2.45, 2.75) is 26.3 Å². The molecule has 2 rings (SSSR count). The van der Waals surface area contributed by atoms with Gasteiger partial charge < -0.3 is 5.32 Å². The molecule has 0 saturated carbocycles. The van der Waals surface area contributed by atoms with Crippen LogP contribution in [0.4, 0.5) is 0 Å². The fourth-order valence-electron chi connectivity index (χ4n) is 1.69. The minimum absolute atomic E-state index is 0.568. The Balaban J connectivity index is 2.35. The van der Waals surface area contributed by atoms with E-state index in [0.717, 1.165) is 6.42 Å². The Morgan fingerprint density at radius 3 is 3.09 bits per heavy atom. The molecule has 0 aromatic rings. The maximum atomic E-state index is 3.35. The van der Waals surface area contributed by atoms with E-state index in [1.165, 1.54) is 16.7 Å². The summed E-state index contributed by atoms with van der Waals surface area (Å²) in [5.74, 6) is 0. The van der Waals surface area contributed by atoms with Crippen LogP contribution in [0.25, 0.3) is 0 Å². The van der Waals surface area contributed by atoms with Gasteiger partial charge in [-0.2, -0.15) is 0 Å². The normalized spacial score (nSPS) is 28.2. The van der Waals surface area contributed by atoms with Crippen LogP contribution in [0.3, 0.4) is 0 Å². The summed E-state index contributed by atoms with van der Waals surface area (Å²) in [6.07, 6.45) is 7.82. The molecule has 1 heterocycles. The van der Waals surface area contributed by atoms with Crippen LogP contribution in [0.1, 0.15) is 20.3 Å². The quantitative estimate of drug-likeness (QED) is 0.553. The molecule has 1 atom stereocenters. The Kier molecular flexibility index (Phi) is 1.38. The van der Waals surface area contributed by atoms with E-state index in [9.17, 15) is 0 Å². The van der Waals surface area contributed by atoms with Gasteiger partial charge in [-0.05, 0) is 31.4 Å². The molecule has 0 aromatic heterocycles. The smallest absolute Gasteiger partial charge is 0.0546 e. The first-order chi connectivity index (χ1) is 5.27. The van der Waals surface area contributed by atoms with Crippen molar-refractivity contribution in [3.63, 3.8) is 0 Å². The molecule has 58 valence electrons. The average molecular weight is 147 g/mol. The molecule has 2 aliphatic rings. The number of allylic oxidation sites excluding steroid dienone is 2. The van der Waals surface area contributed by atoms with E-state index in [2.05, 4.69) is 37.5 Å². The molecule has 1 heteroatoms. The van der Waals surface area contributed by atoms with Crippen molar-refractivity contribution in [1.82, 2.24) is 5.32 Å². The molecule has 1 N–H and O–H groups in total. The molecule has 1 aliphatic heterocycles. The second-order valence-corrected chi connectivity index (χ2v) is 3.33. The lowest BCUT2D eigenvalue weighted by Crippen LogP contribution is -2.22. The fourth-order valence-corrected chi connectivity index (χ4v) is 1.69. The van der Waals surface area contributed by atoms with Gasteiger partial charge in [-0.3, -0.25) is 0 Å². The molecule has 0 aromatic carbocycles. The van der Waals surface area contributed by atoms with Gasteiger partial charge in [0.25, 0.3) is 0 Å². The Hall–Kier alpha value is -0.980. The Labute approximate surface area is 67.5 Å². The topological polar surface area (TPSA) is 12.0 Å². The third kappa shape index (κ3) is 1.01. The Bertz CT molecular complexity index is 269. The second-order valence-electron chi connectivity index (χ2n) is 3.33. The number of rotatable bonds is 0. The second kappa shape index (κ2) is 2.26. The minimum atomic E-state index is 0.568. The third-order valence-electron chi connectivity index (χ3n) is 2.39. The van der Waals surface area contributed by atoms with Crippen LogP contribution in [0.2, 0.25) is 0 Å². The van der Waals surface area contributed by atoms with Gasteiger partial charge in [0.2, 0.25) is 0 Å². The van der Waals surface area contributed by atoms with E-state index in [-0.39, 0.29) is 0 Å². The van der Waals surface area contributed by atoms with Crippen molar-refractivity contribution in [2.75, 3.05) is 0 Å². The molecule has 1 unspecified atom stereocenters. The molecule has 0 saturated heterocycles. The Morgan fingerprint density at radius 1 is 1.45 bits per heavy atom. The van der Waals surface area contributed by atoms with E-state index in [1.54, 1.807) is 0 Å². The number of hydrogen-bond donors (Lipinski definition) is 1. The third-order valence-corrected chi connectivity index (χ3v) is 2.39. The lowest BCUT2D eigenvalue weighted by Gasteiger charge is -2.16. The molecular formula is C10H13N. The molecule has 0 bridgehead atoms. The van der Waals surface area contributed by atoms with E-state index in [1.807, 2.05) is 0 Å². The summed E-state index contributed by atoms with van der Waals surface area (Å²) in [5.41, 5.74) is 4.26. The molecule has 1 aliphatic carbocycles. The van der Waals surface area contributed by atoms with Crippen molar-refractivity contribution in [3.05, 3.63) is 35.1 Å². The van der Waals surface area contributed by atoms with E-state index < -0.39 is 0 Å². The maximum Gasteiger partial charge on any atom is 0.0546 e. The average Bonchev–Trinajstić information content (AvgIpc) is 2.33. The van der Waals surface area contributed by atoms with Crippen molar-refractivity contribution in [1.29, 1.82) is 0 Å². The fraction of sp³-hybridized carbons (Fsp3) is 0.400. The monoisotopic (exact) mass is 147 g/mol. The highest BCUT2D eigenvalue weighted by molar-refractivity contribution is 5.45. The van der Waals surface area contributed by atoms with E-state index >= 15 is 0 Å². The zero-order chi connectivity index (χ0) is 7.84. The van der Waals surface area contributed by atoms with Crippen molar-refractivity contribution >= 4 is 0 Å². The zero-order valence-corrected chi connectivity index (χ0v) is 7.02. The van der Waals surface area contributed by atoms with E-state index in [0.29, 0.717) is 6.04 Å². The van der Waals surface area contributed by atoms with Gasteiger partial charge >= 0.3 is 0 Å². The minimum Gasteiger partial charge on any atom is -0.384 e.